The first kappa shape index (κ1) is 21.5. The van der Waals surface area contributed by atoms with E-state index in [4.69, 9.17) is 32.4 Å². The quantitative estimate of drug-likeness (QED) is 0.479. The predicted molar refractivity (Wildman–Crippen MR) is 114 cm³/mol. The van der Waals surface area contributed by atoms with Crippen molar-refractivity contribution in [1.29, 1.82) is 0 Å². The Morgan fingerprint density at radius 1 is 1.19 bits per heavy atom. The third kappa shape index (κ3) is 4.70. The molecule has 4 nitrogen and oxygen atoms in total. The number of hydrogen-bond acceptors (Lipinski definition) is 4. The van der Waals surface area contributed by atoms with Gasteiger partial charge >= 0.3 is 0 Å². The molecule has 0 aliphatic carbocycles. The Balaban J connectivity index is 1.75. The van der Waals surface area contributed by atoms with Crippen LogP contribution in [-0.4, -0.2) is 38.1 Å². The third-order valence-electron chi connectivity index (χ3n) is 6.58. The molecule has 1 atom stereocenters. The number of rotatable bonds is 10. The van der Waals surface area contributed by atoms with Crippen LogP contribution in [0.1, 0.15) is 58.1 Å². The Morgan fingerprint density at radius 3 is 2.26 bits per heavy atom. The van der Waals surface area contributed by atoms with Gasteiger partial charge in [-0.05, 0) is 43.8 Å². The summed E-state index contributed by atoms with van der Waals surface area (Å²) in [5, 5.41) is 4.79. The molecule has 1 aromatic heterocycles. The van der Waals surface area contributed by atoms with Gasteiger partial charge in [-0.2, -0.15) is 0 Å². The molecule has 152 valence electrons. The first-order valence-corrected chi connectivity index (χ1v) is 13.6. The maximum atomic E-state index is 6.81. The minimum absolute atomic E-state index is 0.0236. The van der Waals surface area contributed by atoms with Gasteiger partial charge in [-0.3, -0.25) is 4.98 Å². The van der Waals surface area contributed by atoms with E-state index in [0.717, 1.165) is 43.1 Å². The molecule has 3 rings (SSSR count). The topological polar surface area (TPSA) is 43.4 Å². The summed E-state index contributed by atoms with van der Waals surface area (Å²) in [5.41, 5.74) is 0.887. The Hall–Kier alpha value is -0.173. The zero-order valence-corrected chi connectivity index (χ0v) is 19.2. The summed E-state index contributed by atoms with van der Waals surface area (Å²) in [6.07, 6.45) is 8.34. The van der Waals surface area contributed by atoms with Crippen molar-refractivity contribution in [2.45, 2.75) is 82.4 Å². The van der Waals surface area contributed by atoms with Crippen LogP contribution in [0.4, 0.5) is 0 Å². The van der Waals surface area contributed by atoms with Crippen molar-refractivity contribution in [1.82, 2.24) is 10.3 Å². The van der Waals surface area contributed by atoms with Crippen LogP contribution in [0.5, 0.6) is 0 Å². The fourth-order valence-electron chi connectivity index (χ4n) is 4.59. The van der Waals surface area contributed by atoms with Crippen LogP contribution in [0.3, 0.4) is 0 Å². The van der Waals surface area contributed by atoms with E-state index in [1.807, 2.05) is 0 Å². The lowest BCUT2D eigenvalue weighted by Gasteiger charge is -2.35. The van der Waals surface area contributed by atoms with Gasteiger partial charge in [-0.1, -0.05) is 44.0 Å². The summed E-state index contributed by atoms with van der Waals surface area (Å²) in [7, 11) is -1.82. The van der Waals surface area contributed by atoms with E-state index < -0.39 is 8.32 Å². The number of ether oxygens (including phenoxy) is 1. The van der Waals surface area contributed by atoms with Gasteiger partial charge < -0.3 is 14.5 Å². The monoisotopic (exact) mass is 430 g/mol. The van der Waals surface area contributed by atoms with Crippen LogP contribution < -0.4 is 5.32 Å². The second-order valence-electron chi connectivity index (χ2n) is 8.00. The Bertz CT molecular complexity index is 606. The highest BCUT2D eigenvalue weighted by atomic mass is 35.5. The van der Waals surface area contributed by atoms with Gasteiger partial charge in [-0.15, -0.1) is 0 Å². The van der Waals surface area contributed by atoms with Gasteiger partial charge in [-0.25, -0.2) is 0 Å². The third-order valence-corrected chi connectivity index (χ3v) is 11.8. The molecule has 7 heteroatoms. The van der Waals surface area contributed by atoms with Crippen molar-refractivity contribution in [2.75, 3.05) is 13.1 Å². The smallest absolute Gasteiger partial charge is 0.192 e. The van der Waals surface area contributed by atoms with Crippen LogP contribution in [0.25, 0.3) is 0 Å². The van der Waals surface area contributed by atoms with Crippen LogP contribution in [0, 0.1) is 0 Å². The molecule has 27 heavy (non-hydrogen) atoms. The molecular weight excluding hydrogens is 399 g/mol. The van der Waals surface area contributed by atoms with E-state index in [2.05, 4.69) is 31.1 Å². The number of pyridine rings is 1. The molecule has 1 aromatic rings. The van der Waals surface area contributed by atoms with Gasteiger partial charge in [0.25, 0.3) is 0 Å². The fraction of sp³-hybridized carbons (Fsp3) is 0.750. The minimum Gasteiger partial charge on any atom is -0.409 e. The molecule has 2 bridgehead atoms. The van der Waals surface area contributed by atoms with Crippen LogP contribution in [-0.2, 0) is 9.16 Å². The molecular formula is C20H32Cl2N2O2Si. The molecule has 2 fully saturated rings. The molecule has 2 aliphatic heterocycles. The summed E-state index contributed by atoms with van der Waals surface area (Å²) in [5.74, 6) is 0. The lowest BCUT2D eigenvalue weighted by Crippen LogP contribution is -2.43. The minimum atomic E-state index is -1.82. The molecule has 0 amide bonds. The fourth-order valence-corrected chi connectivity index (χ4v) is 8.00. The first-order valence-electron chi connectivity index (χ1n) is 10.3. The zero-order valence-electron chi connectivity index (χ0n) is 16.7. The lowest BCUT2D eigenvalue weighted by atomic mass is 9.88. The molecule has 2 aliphatic rings. The van der Waals surface area contributed by atoms with E-state index >= 15 is 0 Å². The standard InChI is InChI=1S/C20H32Cl2N2O2Si/c1-4-27(5-2,6-3)26-18(19-16(21)11-23-12-17(19)22)13-24-14-20-9-7-15(25-20)8-10-20/h11-12,15,18,24H,4-10,13-14H2,1-3H3/t15-,18?,20+. The number of nitrogens with zero attached hydrogens (tertiary/aromatic N) is 1. The van der Waals surface area contributed by atoms with Crippen molar-refractivity contribution in [3.63, 3.8) is 0 Å². The molecule has 1 unspecified atom stereocenters. The van der Waals surface area contributed by atoms with E-state index in [1.165, 1.54) is 12.8 Å². The molecule has 0 spiro atoms. The molecule has 2 saturated heterocycles. The van der Waals surface area contributed by atoms with E-state index in [1.54, 1.807) is 12.4 Å². The van der Waals surface area contributed by atoms with E-state index in [-0.39, 0.29) is 11.7 Å². The highest BCUT2D eigenvalue weighted by molar-refractivity contribution is 6.73. The summed E-state index contributed by atoms with van der Waals surface area (Å²) >= 11 is 13.0. The van der Waals surface area contributed by atoms with Crippen molar-refractivity contribution in [3.8, 4) is 0 Å². The Morgan fingerprint density at radius 2 is 1.78 bits per heavy atom. The van der Waals surface area contributed by atoms with Crippen molar-refractivity contribution >= 4 is 31.5 Å². The van der Waals surface area contributed by atoms with Gasteiger partial charge in [0, 0.05) is 31.0 Å². The average Bonchev–Trinajstić information content (AvgIpc) is 3.27. The molecule has 3 heterocycles. The number of nitrogens with one attached hydrogen (secondary N) is 1. The number of halogens is 2. The summed E-state index contributed by atoms with van der Waals surface area (Å²) < 4.78 is 13.0. The lowest BCUT2D eigenvalue weighted by molar-refractivity contribution is 0.0123. The van der Waals surface area contributed by atoms with Crippen molar-refractivity contribution in [2.24, 2.45) is 0 Å². The Kier molecular flexibility index (Phi) is 7.26. The second kappa shape index (κ2) is 9.10. The summed E-state index contributed by atoms with van der Waals surface area (Å²) in [6.45, 7) is 8.27. The van der Waals surface area contributed by atoms with Crippen LogP contribution in [0.2, 0.25) is 28.2 Å². The average molecular weight is 431 g/mol. The molecule has 1 N–H and O–H groups in total. The molecule has 0 radical (unpaired) electrons. The number of fused-ring (bicyclic) bond motifs is 2. The first-order chi connectivity index (χ1) is 13.0. The van der Waals surface area contributed by atoms with Gasteiger partial charge in [0.05, 0.1) is 27.9 Å². The highest BCUT2D eigenvalue weighted by Crippen LogP contribution is 2.43. The van der Waals surface area contributed by atoms with Crippen molar-refractivity contribution in [3.05, 3.63) is 28.0 Å². The van der Waals surface area contributed by atoms with Gasteiger partial charge in [0.2, 0.25) is 0 Å². The summed E-state index contributed by atoms with van der Waals surface area (Å²) in [4.78, 5) is 4.11. The van der Waals surface area contributed by atoms with Crippen LogP contribution >= 0.6 is 23.2 Å². The number of aromatic nitrogens is 1. The maximum absolute atomic E-state index is 6.81. The molecule has 0 aromatic carbocycles. The second-order valence-corrected chi connectivity index (χ2v) is 13.5. The SMILES string of the molecule is CC[Si](CC)(CC)OC(CNC[C@]12CC[C@H](CC1)O2)c1c(Cl)cncc1Cl. The van der Waals surface area contributed by atoms with Crippen LogP contribution in [0.15, 0.2) is 12.4 Å². The normalized spacial score (nSPS) is 25.9. The van der Waals surface area contributed by atoms with Crippen molar-refractivity contribution < 1.29 is 9.16 Å². The number of hydrogen-bond donors (Lipinski definition) is 1. The van der Waals surface area contributed by atoms with E-state index in [0.29, 0.717) is 22.7 Å². The summed E-state index contributed by atoms with van der Waals surface area (Å²) in [6, 6.07) is 3.27. The zero-order chi connectivity index (χ0) is 19.5. The highest BCUT2D eigenvalue weighted by Gasteiger charge is 2.45. The maximum Gasteiger partial charge on any atom is 0.192 e. The van der Waals surface area contributed by atoms with Gasteiger partial charge in [0.15, 0.2) is 8.32 Å². The van der Waals surface area contributed by atoms with E-state index in [9.17, 15) is 0 Å². The van der Waals surface area contributed by atoms with Gasteiger partial charge in [0.1, 0.15) is 0 Å². The predicted octanol–water partition coefficient (Wildman–Crippen LogP) is 5.75. The Labute approximate surface area is 174 Å². The largest absolute Gasteiger partial charge is 0.409 e. The molecule has 0 saturated carbocycles.